The molecule has 2 aromatic carbocycles. The summed E-state index contributed by atoms with van der Waals surface area (Å²) in [6, 6.07) is 8.98. The molecule has 5 nitrogen and oxygen atoms in total. The number of carbonyl (C=O) groups excluding carboxylic acids is 1. The van der Waals surface area contributed by atoms with Crippen LogP contribution in [0.4, 0.5) is 5.13 Å². The van der Waals surface area contributed by atoms with Gasteiger partial charge in [-0.05, 0) is 42.8 Å². The number of fused-ring (bicyclic) bond motifs is 2. The summed E-state index contributed by atoms with van der Waals surface area (Å²) in [4.78, 5) is 32.8. The first-order valence-corrected chi connectivity index (χ1v) is 10.8. The van der Waals surface area contributed by atoms with E-state index >= 15 is 0 Å². The van der Waals surface area contributed by atoms with E-state index in [4.69, 9.17) is 39.2 Å². The van der Waals surface area contributed by atoms with Gasteiger partial charge in [0.25, 0.3) is 5.91 Å². The molecule has 0 saturated heterocycles. The number of thiazole rings is 1. The van der Waals surface area contributed by atoms with Crippen molar-refractivity contribution in [2.24, 2.45) is 0 Å². The molecule has 150 valence electrons. The minimum atomic E-state index is -0.757. The van der Waals surface area contributed by atoms with Crippen molar-refractivity contribution in [2.45, 2.75) is 13.0 Å². The van der Waals surface area contributed by atoms with Crippen LogP contribution in [0.2, 0.25) is 15.1 Å². The van der Waals surface area contributed by atoms with Crippen LogP contribution in [-0.4, -0.2) is 10.9 Å². The molecular weight excluding hydrogens is 467 g/mol. The van der Waals surface area contributed by atoms with E-state index in [1.807, 2.05) is 12.3 Å². The lowest BCUT2D eigenvalue weighted by atomic mass is 9.99. The lowest BCUT2D eigenvalue weighted by molar-refractivity contribution is 0.0971. The third kappa shape index (κ3) is 2.94. The Morgan fingerprint density at radius 1 is 1.07 bits per heavy atom. The van der Waals surface area contributed by atoms with Crippen LogP contribution in [0.5, 0.6) is 0 Å². The van der Waals surface area contributed by atoms with E-state index in [0.29, 0.717) is 36.7 Å². The van der Waals surface area contributed by atoms with Gasteiger partial charge >= 0.3 is 0 Å². The van der Waals surface area contributed by atoms with Gasteiger partial charge in [-0.3, -0.25) is 14.5 Å². The zero-order chi connectivity index (χ0) is 21.2. The van der Waals surface area contributed by atoms with Crippen LogP contribution >= 0.6 is 46.1 Å². The van der Waals surface area contributed by atoms with Gasteiger partial charge in [0, 0.05) is 10.4 Å². The predicted octanol–water partition coefficient (Wildman–Crippen LogP) is 6.27. The van der Waals surface area contributed by atoms with Gasteiger partial charge in [0.2, 0.25) is 5.76 Å². The van der Waals surface area contributed by atoms with Crippen molar-refractivity contribution >= 4 is 68.1 Å². The van der Waals surface area contributed by atoms with E-state index in [9.17, 15) is 9.59 Å². The first-order valence-electron chi connectivity index (χ1n) is 8.82. The molecule has 0 N–H and O–H groups in total. The number of rotatable bonds is 2. The monoisotopic (exact) mass is 476 g/mol. The van der Waals surface area contributed by atoms with E-state index in [1.165, 1.54) is 22.3 Å². The Bertz CT molecular complexity index is 1410. The largest absolute Gasteiger partial charge is 0.450 e. The molecule has 0 fully saturated rings. The first kappa shape index (κ1) is 19.6. The van der Waals surface area contributed by atoms with Crippen molar-refractivity contribution in [3.8, 4) is 0 Å². The fourth-order valence-corrected chi connectivity index (χ4v) is 4.90. The molecule has 0 saturated carbocycles. The first-order chi connectivity index (χ1) is 14.3. The topological polar surface area (TPSA) is 63.4 Å². The minimum absolute atomic E-state index is 0.0150. The summed E-state index contributed by atoms with van der Waals surface area (Å²) in [5.74, 6) is -0.455. The zero-order valence-corrected chi connectivity index (χ0v) is 18.4. The van der Waals surface area contributed by atoms with E-state index in [0.717, 1.165) is 5.69 Å². The Morgan fingerprint density at radius 3 is 2.57 bits per heavy atom. The maximum atomic E-state index is 13.5. The fraction of sp³-hybridized carbons (Fsp3) is 0.0952. The number of anilines is 1. The summed E-state index contributed by atoms with van der Waals surface area (Å²) in [6.45, 7) is 1.83. The molecule has 30 heavy (non-hydrogen) atoms. The minimum Gasteiger partial charge on any atom is -0.450 e. The number of hydrogen-bond acceptors (Lipinski definition) is 5. The van der Waals surface area contributed by atoms with Crippen LogP contribution < -0.4 is 10.3 Å². The third-order valence-corrected chi connectivity index (χ3v) is 6.84. The highest BCUT2D eigenvalue weighted by atomic mass is 35.5. The maximum Gasteiger partial charge on any atom is 0.297 e. The number of aromatic nitrogens is 1. The van der Waals surface area contributed by atoms with Crippen LogP contribution in [-0.2, 0) is 0 Å². The second-order valence-corrected chi connectivity index (χ2v) is 8.92. The molecule has 9 heteroatoms. The number of hydrogen-bond donors (Lipinski definition) is 0. The standard InChI is InChI=1S/C21H11Cl3N2O3S/c1-9-8-30-21(25-9)26-17(10-2-4-13(23)14(24)6-10)16-18(27)12-7-11(22)3-5-15(12)29-19(16)20(26)28/h2-8,17H,1H3/t17-/m0/s1. The van der Waals surface area contributed by atoms with Crippen molar-refractivity contribution in [1.29, 1.82) is 0 Å². The zero-order valence-electron chi connectivity index (χ0n) is 15.3. The normalized spacial score (nSPS) is 15.8. The summed E-state index contributed by atoms with van der Waals surface area (Å²) in [6.07, 6.45) is 0. The molecule has 2 aromatic heterocycles. The molecule has 1 amide bonds. The van der Waals surface area contributed by atoms with Crippen molar-refractivity contribution in [3.05, 3.63) is 89.7 Å². The van der Waals surface area contributed by atoms with Gasteiger partial charge in [-0.15, -0.1) is 11.3 Å². The van der Waals surface area contributed by atoms with Crippen molar-refractivity contribution in [2.75, 3.05) is 4.90 Å². The molecule has 3 heterocycles. The Kier molecular flexibility index (Phi) is 4.63. The van der Waals surface area contributed by atoms with Crippen LogP contribution in [0.3, 0.4) is 0 Å². The highest BCUT2D eigenvalue weighted by molar-refractivity contribution is 7.14. The maximum absolute atomic E-state index is 13.5. The highest BCUT2D eigenvalue weighted by Crippen LogP contribution is 2.43. The Morgan fingerprint density at radius 2 is 1.87 bits per heavy atom. The van der Waals surface area contributed by atoms with Crippen molar-refractivity contribution < 1.29 is 9.21 Å². The van der Waals surface area contributed by atoms with Crippen LogP contribution in [0.25, 0.3) is 11.0 Å². The van der Waals surface area contributed by atoms with Gasteiger partial charge in [0.15, 0.2) is 10.6 Å². The highest BCUT2D eigenvalue weighted by Gasteiger charge is 2.45. The Hall–Kier alpha value is -2.38. The average molecular weight is 478 g/mol. The SMILES string of the molecule is Cc1csc(N2C(=O)c3oc4ccc(Cl)cc4c(=O)c3[C@@H]2c2ccc(Cl)c(Cl)c2)n1. The Balaban J connectivity index is 1.84. The molecule has 0 radical (unpaired) electrons. The second-order valence-electron chi connectivity index (χ2n) is 6.84. The van der Waals surface area contributed by atoms with E-state index in [2.05, 4.69) is 4.98 Å². The molecule has 4 aromatic rings. The van der Waals surface area contributed by atoms with Gasteiger partial charge in [0.1, 0.15) is 5.58 Å². The lowest BCUT2D eigenvalue weighted by Crippen LogP contribution is -2.29. The van der Waals surface area contributed by atoms with Gasteiger partial charge < -0.3 is 4.42 Å². The van der Waals surface area contributed by atoms with Crippen LogP contribution in [0.15, 0.2) is 51.0 Å². The summed E-state index contributed by atoms with van der Waals surface area (Å²) in [5.41, 5.74) is 1.58. The molecule has 1 aliphatic rings. The smallest absolute Gasteiger partial charge is 0.297 e. The molecule has 0 aliphatic carbocycles. The second kappa shape index (κ2) is 7.10. The van der Waals surface area contributed by atoms with Crippen LogP contribution in [0, 0.1) is 6.92 Å². The van der Waals surface area contributed by atoms with Gasteiger partial charge in [0.05, 0.1) is 32.7 Å². The molecule has 0 spiro atoms. The number of benzene rings is 2. The summed E-state index contributed by atoms with van der Waals surface area (Å²) in [5, 5.41) is 3.69. The number of nitrogens with zero attached hydrogens (tertiary/aromatic N) is 2. The number of carbonyl (C=O) groups is 1. The van der Waals surface area contributed by atoms with Crippen molar-refractivity contribution in [3.63, 3.8) is 0 Å². The quantitative estimate of drug-likeness (QED) is 0.341. The van der Waals surface area contributed by atoms with E-state index in [-0.39, 0.29) is 16.8 Å². The molecule has 0 unspecified atom stereocenters. The van der Waals surface area contributed by atoms with Crippen molar-refractivity contribution in [1.82, 2.24) is 4.98 Å². The number of halogens is 3. The molecule has 5 rings (SSSR count). The summed E-state index contributed by atoms with van der Waals surface area (Å²) >= 11 is 19.7. The van der Waals surface area contributed by atoms with Gasteiger partial charge in [-0.2, -0.15) is 0 Å². The van der Waals surface area contributed by atoms with Crippen LogP contribution in [0.1, 0.15) is 33.4 Å². The third-order valence-electron chi connectivity index (χ3n) is 4.90. The molecular formula is C21H11Cl3N2O3S. The molecule has 0 bridgehead atoms. The van der Waals surface area contributed by atoms with Gasteiger partial charge in [-0.25, -0.2) is 4.98 Å². The lowest BCUT2D eigenvalue weighted by Gasteiger charge is -2.22. The summed E-state index contributed by atoms with van der Waals surface area (Å²) < 4.78 is 5.88. The summed E-state index contributed by atoms with van der Waals surface area (Å²) in [7, 11) is 0. The fourth-order valence-electron chi connectivity index (χ4n) is 3.59. The average Bonchev–Trinajstić information content (AvgIpc) is 3.26. The molecule has 1 aliphatic heterocycles. The number of amides is 1. The van der Waals surface area contributed by atoms with E-state index in [1.54, 1.807) is 30.3 Å². The Labute approximate surface area is 189 Å². The predicted molar refractivity (Wildman–Crippen MR) is 119 cm³/mol. The van der Waals surface area contributed by atoms with E-state index < -0.39 is 11.9 Å². The molecule has 1 atom stereocenters. The van der Waals surface area contributed by atoms with Gasteiger partial charge in [-0.1, -0.05) is 40.9 Å². The number of aryl methyl sites for hydroxylation is 1.